The van der Waals surface area contributed by atoms with Gasteiger partial charge in [-0.05, 0) is 49.9 Å². The molecule has 1 fully saturated rings. The van der Waals surface area contributed by atoms with Gasteiger partial charge < -0.3 is 10.6 Å². The van der Waals surface area contributed by atoms with Crippen LogP contribution >= 0.6 is 11.6 Å². The van der Waals surface area contributed by atoms with Gasteiger partial charge in [0.1, 0.15) is 0 Å². The summed E-state index contributed by atoms with van der Waals surface area (Å²) in [5, 5.41) is 6.38. The van der Waals surface area contributed by atoms with E-state index in [-0.39, 0.29) is 18.4 Å². The molecule has 0 aromatic heterocycles. The summed E-state index contributed by atoms with van der Waals surface area (Å²) in [6.07, 6.45) is 2.46. The molecular formula is C22H26ClN3O2. The first kappa shape index (κ1) is 20.4. The maximum atomic E-state index is 12.6. The minimum atomic E-state index is -0.103. The van der Waals surface area contributed by atoms with E-state index in [4.69, 9.17) is 11.6 Å². The Morgan fingerprint density at radius 1 is 1.00 bits per heavy atom. The number of rotatable bonds is 8. The van der Waals surface area contributed by atoms with Crippen molar-refractivity contribution in [2.45, 2.75) is 39.2 Å². The summed E-state index contributed by atoms with van der Waals surface area (Å²) in [6, 6.07) is 13.5. The Bertz CT molecular complexity index is 844. The predicted octanol–water partition coefficient (Wildman–Crippen LogP) is 4.39. The van der Waals surface area contributed by atoms with Crippen molar-refractivity contribution in [1.82, 2.24) is 4.90 Å². The highest BCUT2D eigenvalue weighted by atomic mass is 35.5. The Morgan fingerprint density at radius 3 is 2.32 bits per heavy atom. The SMILES string of the molecule is Cc1cccc(C)c1NC(=O)CN(CCC(=O)Nc1ccccc1Cl)C1CC1. The molecular weight excluding hydrogens is 374 g/mol. The molecule has 3 rings (SSSR count). The number of aryl methyl sites for hydroxylation is 2. The molecule has 1 saturated carbocycles. The van der Waals surface area contributed by atoms with Crippen LogP contribution in [-0.4, -0.2) is 35.8 Å². The molecule has 0 heterocycles. The van der Waals surface area contributed by atoms with E-state index in [2.05, 4.69) is 15.5 Å². The third kappa shape index (κ3) is 5.57. The van der Waals surface area contributed by atoms with Crippen molar-refractivity contribution in [2.75, 3.05) is 23.7 Å². The summed E-state index contributed by atoms with van der Waals surface area (Å²) in [4.78, 5) is 26.9. The minimum absolute atomic E-state index is 0.0455. The Morgan fingerprint density at radius 2 is 1.68 bits per heavy atom. The molecule has 2 N–H and O–H groups in total. The summed E-state index contributed by atoms with van der Waals surface area (Å²) in [5.74, 6) is -0.148. The van der Waals surface area contributed by atoms with E-state index in [0.29, 0.717) is 29.7 Å². The molecule has 0 saturated heterocycles. The number of para-hydroxylation sites is 2. The van der Waals surface area contributed by atoms with Crippen molar-refractivity contribution < 1.29 is 9.59 Å². The largest absolute Gasteiger partial charge is 0.325 e. The fourth-order valence-electron chi connectivity index (χ4n) is 3.23. The number of hydrogen-bond donors (Lipinski definition) is 2. The van der Waals surface area contributed by atoms with Crippen molar-refractivity contribution in [3.8, 4) is 0 Å². The lowest BCUT2D eigenvalue weighted by molar-refractivity contribution is -0.119. The zero-order chi connectivity index (χ0) is 20.1. The van der Waals surface area contributed by atoms with E-state index >= 15 is 0 Å². The van der Waals surface area contributed by atoms with Crippen molar-refractivity contribution in [3.05, 3.63) is 58.6 Å². The molecule has 1 aliphatic rings. The first-order chi connectivity index (χ1) is 13.4. The van der Waals surface area contributed by atoms with Gasteiger partial charge in [-0.25, -0.2) is 0 Å². The molecule has 1 aliphatic carbocycles. The average molecular weight is 400 g/mol. The first-order valence-corrected chi connectivity index (χ1v) is 9.96. The lowest BCUT2D eigenvalue weighted by Gasteiger charge is -2.22. The number of anilines is 2. The Balaban J connectivity index is 1.53. The highest BCUT2D eigenvalue weighted by molar-refractivity contribution is 6.33. The number of halogens is 1. The number of hydrogen-bond acceptors (Lipinski definition) is 3. The Kier molecular flexibility index (Phi) is 6.70. The quantitative estimate of drug-likeness (QED) is 0.692. The summed E-state index contributed by atoms with van der Waals surface area (Å²) < 4.78 is 0. The zero-order valence-corrected chi connectivity index (χ0v) is 17.1. The van der Waals surface area contributed by atoms with Crippen LogP contribution < -0.4 is 10.6 Å². The van der Waals surface area contributed by atoms with Gasteiger partial charge in [0.2, 0.25) is 11.8 Å². The highest BCUT2D eigenvalue weighted by Gasteiger charge is 2.30. The monoisotopic (exact) mass is 399 g/mol. The number of nitrogens with one attached hydrogen (secondary N) is 2. The Hall–Kier alpha value is -2.37. The van der Waals surface area contributed by atoms with Crippen LogP contribution in [0.5, 0.6) is 0 Å². The van der Waals surface area contributed by atoms with Gasteiger partial charge >= 0.3 is 0 Å². The maximum absolute atomic E-state index is 12.6. The van der Waals surface area contributed by atoms with E-state index < -0.39 is 0 Å². The number of amides is 2. The number of carbonyl (C=O) groups excluding carboxylic acids is 2. The van der Waals surface area contributed by atoms with Crippen LogP contribution in [0.4, 0.5) is 11.4 Å². The number of benzene rings is 2. The summed E-state index contributed by atoms with van der Waals surface area (Å²) >= 11 is 6.08. The highest BCUT2D eigenvalue weighted by Crippen LogP contribution is 2.27. The molecule has 0 spiro atoms. The fraction of sp³-hybridized carbons (Fsp3) is 0.364. The second-order valence-corrected chi connectivity index (χ2v) is 7.70. The van der Waals surface area contributed by atoms with Crippen LogP contribution in [0.1, 0.15) is 30.4 Å². The van der Waals surface area contributed by atoms with Gasteiger partial charge in [-0.3, -0.25) is 14.5 Å². The van der Waals surface area contributed by atoms with Gasteiger partial charge in [0.25, 0.3) is 0 Å². The third-order valence-electron chi connectivity index (χ3n) is 4.93. The molecule has 28 heavy (non-hydrogen) atoms. The van der Waals surface area contributed by atoms with Crippen molar-refractivity contribution >= 4 is 34.8 Å². The van der Waals surface area contributed by atoms with Crippen molar-refractivity contribution in [3.63, 3.8) is 0 Å². The van der Waals surface area contributed by atoms with Crippen LogP contribution in [-0.2, 0) is 9.59 Å². The molecule has 0 unspecified atom stereocenters. The molecule has 0 atom stereocenters. The Labute approximate surface area is 171 Å². The average Bonchev–Trinajstić information content (AvgIpc) is 3.49. The molecule has 2 aromatic rings. The van der Waals surface area contributed by atoms with E-state index in [1.807, 2.05) is 44.2 Å². The van der Waals surface area contributed by atoms with E-state index in [9.17, 15) is 9.59 Å². The zero-order valence-electron chi connectivity index (χ0n) is 16.3. The topological polar surface area (TPSA) is 61.4 Å². The van der Waals surface area contributed by atoms with E-state index in [0.717, 1.165) is 29.7 Å². The van der Waals surface area contributed by atoms with Crippen LogP contribution in [0.2, 0.25) is 5.02 Å². The lowest BCUT2D eigenvalue weighted by Crippen LogP contribution is -2.37. The van der Waals surface area contributed by atoms with Crippen molar-refractivity contribution in [2.24, 2.45) is 0 Å². The van der Waals surface area contributed by atoms with Gasteiger partial charge in [-0.2, -0.15) is 0 Å². The van der Waals surface area contributed by atoms with E-state index in [1.165, 1.54) is 0 Å². The summed E-state index contributed by atoms with van der Waals surface area (Å²) in [7, 11) is 0. The molecule has 2 amide bonds. The second kappa shape index (κ2) is 9.22. The fourth-order valence-corrected chi connectivity index (χ4v) is 3.41. The predicted molar refractivity (Wildman–Crippen MR) is 114 cm³/mol. The maximum Gasteiger partial charge on any atom is 0.238 e. The van der Waals surface area contributed by atoms with Crippen LogP contribution in [0.3, 0.4) is 0 Å². The van der Waals surface area contributed by atoms with Gasteiger partial charge in [0, 0.05) is 24.7 Å². The first-order valence-electron chi connectivity index (χ1n) is 9.58. The molecule has 6 heteroatoms. The lowest BCUT2D eigenvalue weighted by atomic mass is 10.1. The summed E-state index contributed by atoms with van der Waals surface area (Å²) in [6.45, 7) is 4.81. The van der Waals surface area contributed by atoms with Gasteiger partial charge in [-0.15, -0.1) is 0 Å². The number of carbonyl (C=O) groups is 2. The van der Waals surface area contributed by atoms with Gasteiger partial charge in [0.15, 0.2) is 0 Å². The molecule has 0 radical (unpaired) electrons. The van der Waals surface area contributed by atoms with Gasteiger partial charge in [0.05, 0.1) is 17.3 Å². The van der Waals surface area contributed by atoms with Gasteiger partial charge in [-0.1, -0.05) is 41.9 Å². The van der Waals surface area contributed by atoms with Crippen LogP contribution in [0.25, 0.3) is 0 Å². The molecule has 0 bridgehead atoms. The minimum Gasteiger partial charge on any atom is -0.325 e. The number of nitrogens with zero attached hydrogens (tertiary/aromatic N) is 1. The standard InChI is InChI=1S/C22H26ClN3O2/c1-15-6-5-7-16(2)22(15)25-21(28)14-26(17-10-11-17)13-12-20(27)24-19-9-4-3-8-18(19)23/h3-9,17H,10-14H2,1-2H3,(H,24,27)(H,25,28). The van der Waals surface area contributed by atoms with Crippen molar-refractivity contribution in [1.29, 1.82) is 0 Å². The molecule has 2 aromatic carbocycles. The van der Waals surface area contributed by atoms with Crippen LogP contribution in [0, 0.1) is 13.8 Å². The third-order valence-corrected chi connectivity index (χ3v) is 5.26. The normalized spacial score (nSPS) is 13.4. The molecule has 5 nitrogen and oxygen atoms in total. The summed E-state index contributed by atoms with van der Waals surface area (Å²) in [5.41, 5.74) is 3.58. The van der Waals surface area contributed by atoms with E-state index in [1.54, 1.807) is 12.1 Å². The second-order valence-electron chi connectivity index (χ2n) is 7.29. The van der Waals surface area contributed by atoms with Crippen LogP contribution in [0.15, 0.2) is 42.5 Å². The molecule has 148 valence electrons. The smallest absolute Gasteiger partial charge is 0.238 e. The molecule has 0 aliphatic heterocycles.